The molecule has 172 valence electrons. The molecule has 0 N–H and O–H groups in total. The first-order valence-corrected chi connectivity index (χ1v) is 13.7. The Bertz CT molecular complexity index is 1590. The standard InChI is InChI=1S/C25H20Cl2N4OS2/c26-18-12-11-15(13-19(18)27)14-33-25-29-28-24-30(16-7-3-1-4-8-16)22(32)21-17-9-5-2-6-10-20(17)34-23(21)31(24)25/h1,3-4,7-8,11-13H,2,5-6,9-10,14H2. The number of benzene rings is 2. The second-order valence-electron chi connectivity index (χ2n) is 8.38. The Morgan fingerprint density at radius 1 is 0.971 bits per heavy atom. The molecule has 34 heavy (non-hydrogen) atoms. The molecule has 6 rings (SSSR count). The maximum atomic E-state index is 13.9. The highest BCUT2D eigenvalue weighted by atomic mass is 35.5. The van der Waals surface area contributed by atoms with Gasteiger partial charge in [0.25, 0.3) is 5.56 Å². The van der Waals surface area contributed by atoms with E-state index in [9.17, 15) is 4.79 Å². The van der Waals surface area contributed by atoms with Crippen LogP contribution in [0, 0.1) is 0 Å². The summed E-state index contributed by atoms with van der Waals surface area (Å²) in [6.07, 6.45) is 5.45. The summed E-state index contributed by atoms with van der Waals surface area (Å²) in [5.74, 6) is 1.20. The highest BCUT2D eigenvalue weighted by molar-refractivity contribution is 7.98. The predicted octanol–water partition coefficient (Wildman–Crippen LogP) is 6.96. The Balaban J connectivity index is 1.57. The third-order valence-electron chi connectivity index (χ3n) is 6.21. The van der Waals surface area contributed by atoms with Crippen LogP contribution in [-0.2, 0) is 18.6 Å². The number of fused-ring (bicyclic) bond motifs is 5. The first-order chi connectivity index (χ1) is 16.6. The SMILES string of the molecule is O=c1c2c3c(sc2n2c(SCc4ccc(Cl)c(Cl)c4)nnc2n1-c1ccccc1)CCCCC3. The maximum Gasteiger partial charge on any atom is 0.268 e. The molecule has 0 spiro atoms. The van der Waals surface area contributed by atoms with Gasteiger partial charge in [-0.05, 0) is 61.1 Å². The third-order valence-corrected chi connectivity index (χ3v) is 9.22. The van der Waals surface area contributed by atoms with Gasteiger partial charge in [-0.2, -0.15) is 0 Å². The van der Waals surface area contributed by atoms with Crippen molar-refractivity contribution in [2.24, 2.45) is 0 Å². The van der Waals surface area contributed by atoms with E-state index in [4.69, 9.17) is 23.2 Å². The van der Waals surface area contributed by atoms with E-state index in [0.717, 1.165) is 52.3 Å². The number of rotatable bonds is 4. The second kappa shape index (κ2) is 9.04. The fraction of sp³-hybridized carbons (Fsp3) is 0.240. The van der Waals surface area contributed by atoms with Crippen molar-refractivity contribution in [3.63, 3.8) is 0 Å². The molecule has 0 bridgehead atoms. The van der Waals surface area contributed by atoms with E-state index in [1.54, 1.807) is 27.7 Å². The van der Waals surface area contributed by atoms with Gasteiger partial charge in [0.2, 0.25) is 5.78 Å². The summed E-state index contributed by atoms with van der Waals surface area (Å²) in [6.45, 7) is 0. The minimum absolute atomic E-state index is 0.0125. The number of hydrogen-bond acceptors (Lipinski definition) is 5. The van der Waals surface area contributed by atoms with Crippen LogP contribution in [0.5, 0.6) is 0 Å². The number of thiophene rings is 1. The number of para-hydroxylation sites is 1. The third kappa shape index (κ3) is 3.75. The first kappa shape index (κ1) is 22.2. The quantitative estimate of drug-likeness (QED) is 0.187. The molecule has 3 aromatic heterocycles. The number of halogens is 2. The van der Waals surface area contributed by atoms with E-state index in [-0.39, 0.29) is 5.56 Å². The summed E-state index contributed by atoms with van der Waals surface area (Å²) in [6, 6.07) is 15.4. The largest absolute Gasteiger partial charge is 0.268 e. The zero-order valence-electron chi connectivity index (χ0n) is 18.1. The van der Waals surface area contributed by atoms with Crippen molar-refractivity contribution < 1.29 is 0 Å². The van der Waals surface area contributed by atoms with Gasteiger partial charge in [0.1, 0.15) is 4.83 Å². The van der Waals surface area contributed by atoms with E-state index in [2.05, 4.69) is 14.6 Å². The fourth-order valence-electron chi connectivity index (χ4n) is 4.57. The van der Waals surface area contributed by atoms with Crippen LogP contribution in [0.15, 0.2) is 58.5 Å². The lowest BCUT2D eigenvalue weighted by molar-refractivity contribution is 0.713. The van der Waals surface area contributed by atoms with Crippen LogP contribution in [0.3, 0.4) is 0 Å². The molecule has 0 unspecified atom stereocenters. The molecular formula is C25H20Cl2N4OS2. The van der Waals surface area contributed by atoms with Crippen LogP contribution < -0.4 is 5.56 Å². The van der Waals surface area contributed by atoms with E-state index in [1.807, 2.05) is 48.5 Å². The van der Waals surface area contributed by atoms with Gasteiger partial charge in [-0.3, -0.25) is 4.79 Å². The molecule has 5 nitrogen and oxygen atoms in total. The molecule has 0 amide bonds. The zero-order valence-corrected chi connectivity index (χ0v) is 21.3. The highest BCUT2D eigenvalue weighted by Crippen LogP contribution is 2.36. The summed E-state index contributed by atoms with van der Waals surface area (Å²) < 4.78 is 3.77. The van der Waals surface area contributed by atoms with Gasteiger partial charge in [0, 0.05) is 10.6 Å². The Labute approximate surface area is 214 Å². The number of thioether (sulfide) groups is 1. The Hall–Kier alpha value is -2.32. The molecule has 3 heterocycles. The van der Waals surface area contributed by atoms with Crippen molar-refractivity contribution in [1.82, 2.24) is 19.2 Å². The van der Waals surface area contributed by atoms with Crippen molar-refractivity contribution in [3.05, 3.63) is 84.9 Å². The van der Waals surface area contributed by atoms with Crippen molar-refractivity contribution in [1.29, 1.82) is 0 Å². The smallest absolute Gasteiger partial charge is 0.268 e. The molecule has 0 atom stereocenters. The topological polar surface area (TPSA) is 52.2 Å². The van der Waals surface area contributed by atoms with Crippen LogP contribution in [0.1, 0.15) is 35.3 Å². The van der Waals surface area contributed by atoms with E-state index in [1.165, 1.54) is 16.9 Å². The normalized spacial score (nSPS) is 13.9. The molecule has 1 aliphatic carbocycles. The maximum absolute atomic E-state index is 13.9. The minimum atomic E-state index is -0.0125. The number of nitrogens with zero attached hydrogens (tertiary/aromatic N) is 4. The lowest BCUT2D eigenvalue weighted by Gasteiger charge is -2.10. The monoisotopic (exact) mass is 526 g/mol. The average molecular weight is 528 g/mol. The number of aromatic nitrogens is 4. The van der Waals surface area contributed by atoms with Crippen molar-refractivity contribution in [2.75, 3.05) is 0 Å². The van der Waals surface area contributed by atoms with Gasteiger partial charge in [0.05, 0.1) is 21.1 Å². The molecule has 2 aromatic carbocycles. The van der Waals surface area contributed by atoms with Crippen LogP contribution in [0.25, 0.3) is 21.7 Å². The molecule has 0 fully saturated rings. The summed E-state index contributed by atoms with van der Waals surface area (Å²) >= 11 is 15.6. The van der Waals surface area contributed by atoms with Crippen LogP contribution in [-0.4, -0.2) is 19.2 Å². The molecule has 0 aliphatic heterocycles. The molecule has 5 aromatic rings. The summed E-state index contributed by atoms with van der Waals surface area (Å²) in [5.41, 5.74) is 3.04. The van der Waals surface area contributed by atoms with Gasteiger partial charge in [-0.1, -0.05) is 65.7 Å². The number of aryl methyl sites for hydroxylation is 2. The average Bonchev–Trinajstić information content (AvgIpc) is 3.34. The zero-order chi connectivity index (χ0) is 23.2. The Morgan fingerprint density at radius 3 is 2.62 bits per heavy atom. The molecule has 1 aliphatic rings. The highest BCUT2D eigenvalue weighted by Gasteiger charge is 2.25. The Kier molecular flexibility index (Phi) is 5.89. The van der Waals surface area contributed by atoms with Crippen LogP contribution in [0.4, 0.5) is 0 Å². The molecule has 0 saturated heterocycles. The van der Waals surface area contributed by atoms with Crippen molar-refractivity contribution in [2.45, 2.75) is 43.0 Å². The summed E-state index contributed by atoms with van der Waals surface area (Å²) in [7, 11) is 0. The van der Waals surface area contributed by atoms with Crippen LogP contribution >= 0.6 is 46.3 Å². The lowest BCUT2D eigenvalue weighted by Crippen LogP contribution is -2.22. The van der Waals surface area contributed by atoms with Gasteiger partial charge in [-0.15, -0.1) is 21.5 Å². The Morgan fingerprint density at radius 2 is 1.79 bits per heavy atom. The van der Waals surface area contributed by atoms with Gasteiger partial charge >= 0.3 is 0 Å². The summed E-state index contributed by atoms with van der Waals surface area (Å²) in [4.78, 5) is 16.2. The van der Waals surface area contributed by atoms with Crippen molar-refractivity contribution >= 4 is 62.3 Å². The van der Waals surface area contributed by atoms with Crippen molar-refractivity contribution in [3.8, 4) is 5.69 Å². The van der Waals surface area contributed by atoms with E-state index < -0.39 is 0 Å². The van der Waals surface area contributed by atoms with Gasteiger partial charge < -0.3 is 0 Å². The molecular weight excluding hydrogens is 507 g/mol. The van der Waals surface area contributed by atoms with Crippen LogP contribution in [0.2, 0.25) is 10.0 Å². The molecule has 0 radical (unpaired) electrons. The van der Waals surface area contributed by atoms with E-state index >= 15 is 0 Å². The first-order valence-electron chi connectivity index (χ1n) is 11.2. The lowest BCUT2D eigenvalue weighted by atomic mass is 10.1. The molecule has 9 heteroatoms. The molecule has 0 saturated carbocycles. The second-order valence-corrected chi connectivity index (χ2v) is 11.2. The predicted molar refractivity (Wildman–Crippen MR) is 141 cm³/mol. The summed E-state index contributed by atoms with van der Waals surface area (Å²) in [5, 5.41) is 11.7. The fourth-order valence-corrected chi connectivity index (χ4v) is 7.21. The van der Waals surface area contributed by atoms with Gasteiger partial charge in [-0.25, -0.2) is 8.97 Å². The minimum Gasteiger partial charge on any atom is -0.268 e. The van der Waals surface area contributed by atoms with Gasteiger partial charge in [0.15, 0.2) is 5.16 Å². The number of hydrogen-bond donors (Lipinski definition) is 0. The van der Waals surface area contributed by atoms with E-state index in [0.29, 0.717) is 21.6 Å².